The van der Waals surface area contributed by atoms with Crippen molar-refractivity contribution in [3.05, 3.63) is 29.3 Å². The fraction of sp³-hybridized carbons (Fsp3) is 0.412. The zero-order chi connectivity index (χ0) is 17.7. The minimum atomic E-state index is -1.57. The molecule has 4 N–H and O–H groups in total. The van der Waals surface area contributed by atoms with Crippen LogP contribution in [0.5, 0.6) is 0 Å². The Kier molecular flexibility index (Phi) is 6.17. The molecule has 1 aliphatic rings. The van der Waals surface area contributed by atoms with E-state index in [-0.39, 0.29) is 12.3 Å². The number of amides is 1. The maximum atomic E-state index is 12.8. The zero-order valence-corrected chi connectivity index (χ0v) is 14.2. The normalized spacial score (nSPS) is 13.5. The minimum absolute atomic E-state index is 0.0176. The quantitative estimate of drug-likeness (QED) is 0.672. The second kappa shape index (κ2) is 8.12. The highest BCUT2D eigenvalue weighted by Gasteiger charge is 2.21. The molecule has 128 valence electrons. The van der Waals surface area contributed by atoms with E-state index in [9.17, 15) is 14.8 Å². The summed E-state index contributed by atoms with van der Waals surface area (Å²) in [5.74, 6) is 0.321. The molecule has 0 aliphatic carbocycles. The molecule has 6 nitrogen and oxygen atoms in total. The first kappa shape index (κ1) is 18.2. The maximum absolute atomic E-state index is 12.8. The van der Waals surface area contributed by atoms with Crippen LogP contribution < -0.4 is 11.2 Å². The van der Waals surface area contributed by atoms with Crippen molar-refractivity contribution in [1.82, 2.24) is 4.90 Å². The molecule has 0 fully saturated rings. The number of fused-ring (bicyclic) bond motifs is 1. The fourth-order valence-electron chi connectivity index (χ4n) is 2.76. The van der Waals surface area contributed by atoms with E-state index in [1.165, 1.54) is 0 Å². The van der Waals surface area contributed by atoms with Gasteiger partial charge in [-0.3, -0.25) is 4.79 Å². The Morgan fingerprint density at radius 2 is 1.96 bits per heavy atom. The van der Waals surface area contributed by atoms with E-state index in [0.717, 1.165) is 18.4 Å². The molecular formula is C17H24BN3O3. The third-order valence-corrected chi connectivity index (χ3v) is 3.87. The highest BCUT2D eigenvalue weighted by molar-refractivity contribution is 6.58. The summed E-state index contributed by atoms with van der Waals surface area (Å²) in [6.07, 6.45) is 3.88. The smallest absolute Gasteiger partial charge is 0.423 e. The van der Waals surface area contributed by atoms with Gasteiger partial charge in [-0.1, -0.05) is 26.0 Å². The van der Waals surface area contributed by atoms with Gasteiger partial charge in [0, 0.05) is 30.6 Å². The largest absolute Gasteiger partial charge is 0.488 e. The zero-order valence-electron chi connectivity index (χ0n) is 14.2. The van der Waals surface area contributed by atoms with Crippen LogP contribution in [0, 0.1) is 0 Å². The molecule has 1 aromatic carbocycles. The van der Waals surface area contributed by atoms with Crippen molar-refractivity contribution < 1.29 is 14.8 Å². The van der Waals surface area contributed by atoms with Crippen molar-refractivity contribution >= 4 is 36.1 Å². The Bertz CT molecular complexity index is 665. The van der Waals surface area contributed by atoms with Gasteiger partial charge in [0.05, 0.1) is 5.69 Å². The van der Waals surface area contributed by atoms with Gasteiger partial charge in [-0.2, -0.15) is 0 Å². The average Bonchev–Trinajstić information content (AvgIpc) is 2.71. The molecule has 0 aromatic heterocycles. The summed E-state index contributed by atoms with van der Waals surface area (Å²) in [5.41, 5.74) is 8.20. The van der Waals surface area contributed by atoms with Crippen LogP contribution >= 0.6 is 0 Å². The van der Waals surface area contributed by atoms with E-state index < -0.39 is 7.12 Å². The van der Waals surface area contributed by atoms with Gasteiger partial charge in [0.2, 0.25) is 5.91 Å². The predicted octanol–water partition coefficient (Wildman–Crippen LogP) is 0.791. The van der Waals surface area contributed by atoms with Gasteiger partial charge in [0.15, 0.2) is 0 Å². The fourth-order valence-corrected chi connectivity index (χ4v) is 2.76. The van der Waals surface area contributed by atoms with E-state index >= 15 is 0 Å². The first-order valence-corrected chi connectivity index (χ1v) is 8.29. The number of amidine groups is 1. The summed E-state index contributed by atoms with van der Waals surface area (Å²) in [7, 11) is -1.57. The van der Waals surface area contributed by atoms with Crippen molar-refractivity contribution in [3.63, 3.8) is 0 Å². The van der Waals surface area contributed by atoms with Crippen molar-refractivity contribution in [3.8, 4) is 0 Å². The van der Waals surface area contributed by atoms with E-state index in [2.05, 4.69) is 4.99 Å². The minimum Gasteiger partial charge on any atom is -0.423 e. The van der Waals surface area contributed by atoms with Crippen LogP contribution in [0.15, 0.2) is 28.8 Å². The summed E-state index contributed by atoms with van der Waals surface area (Å²) in [6.45, 7) is 5.52. The molecule has 0 radical (unpaired) electrons. The molecule has 0 saturated heterocycles. The molecule has 0 bridgehead atoms. The van der Waals surface area contributed by atoms with E-state index in [0.29, 0.717) is 35.6 Å². The Balaban J connectivity index is 2.38. The second-order valence-corrected chi connectivity index (χ2v) is 5.93. The topological polar surface area (TPSA) is 99.2 Å². The predicted molar refractivity (Wildman–Crippen MR) is 97.3 cm³/mol. The lowest BCUT2D eigenvalue weighted by Crippen LogP contribution is -2.34. The third-order valence-electron chi connectivity index (χ3n) is 3.87. The van der Waals surface area contributed by atoms with Crippen molar-refractivity contribution in [2.45, 2.75) is 33.1 Å². The number of rotatable bonds is 6. The molecule has 0 saturated carbocycles. The Labute approximate surface area is 142 Å². The Morgan fingerprint density at radius 1 is 1.29 bits per heavy atom. The third kappa shape index (κ3) is 4.24. The number of nitrogens with zero attached hydrogens (tertiary/aromatic N) is 2. The number of carbonyl (C=O) groups is 1. The first-order chi connectivity index (χ1) is 11.5. The summed E-state index contributed by atoms with van der Waals surface area (Å²) >= 11 is 0. The van der Waals surface area contributed by atoms with Gasteiger partial charge in [-0.05, 0) is 30.4 Å². The highest BCUT2D eigenvalue weighted by Crippen LogP contribution is 2.26. The molecule has 0 unspecified atom stereocenters. The van der Waals surface area contributed by atoms with Crippen molar-refractivity contribution in [2.75, 3.05) is 13.1 Å². The van der Waals surface area contributed by atoms with Crippen molar-refractivity contribution in [1.29, 1.82) is 0 Å². The summed E-state index contributed by atoms with van der Waals surface area (Å²) < 4.78 is 0. The van der Waals surface area contributed by atoms with Crippen molar-refractivity contribution in [2.24, 2.45) is 10.7 Å². The van der Waals surface area contributed by atoms with Gasteiger partial charge >= 0.3 is 7.12 Å². The number of hydrogen-bond donors (Lipinski definition) is 3. The van der Waals surface area contributed by atoms with Crippen LogP contribution in [0.2, 0.25) is 0 Å². The van der Waals surface area contributed by atoms with Gasteiger partial charge in [-0.25, -0.2) is 4.99 Å². The first-order valence-electron chi connectivity index (χ1n) is 8.29. The lowest BCUT2D eigenvalue weighted by molar-refractivity contribution is -0.127. The van der Waals surface area contributed by atoms with Gasteiger partial charge < -0.3 is 20.7 Å². The van der Waals surface area contributed by atoms with Crippen LogP contribution in [0.3, 0.4) is 0 Å². The molecule has 24 heavy (non-hydrogen) atoms. The van der Waals surface area contributed by atoms with Gasteiger partial charge in [-0.15, -0.1) is 0 Å². The molecule has 2 rings (SSSR count). The van der Waals surface area contributed by atoms with Gasteiger partial charge in [0.25, 0.3) is 0 Å². The maximum Gasteiger partial charge on any atom is 0.488 e. The molecule has 0 spiro atoms. The lowest BCUT2D eigenvalue weighted by atomic mass is 9.79. The molecule has 1 aromatic rings. The number of aliphatic imine (C=N–C) groups is 1. The summed E-state index contributed by atoms with van der Waals surface area (Å²) in [5, 5.41) is 18.6. The van der Waals surface area contributed by atoms with E-state index in [1.807, 2.05) is 18.7 Å². The van der Waals surface area contributed by atoms with Crippen LogP contribution in [0.1, 0.15) is 38.7 Å². The lowest BCUT2D eigenvalue weighted by Gasteiger charge is -2.22. The monoisotopic (exact) mass is 329 g/mol. The van der Waals surface area contributed by atoms with E-state index in [4.69, 9.17) is 5.73 Å². The molecule has 1 heterocycles. The summed E-state index contributed by atoms with van der Waals surface area (Å²) in [6, 6.07) is 4.91. The Morgan fingerprint density at radius 3 is 2.54 bits per heavy atom. The molecular weight excluding hydrogens is 305 g/mol. The summed E-state index contributed by atoms with van der Waals surface area (Å²) in [4.78, 5) is 19.0. The van der Waals surface area contributed by atoms with Crippen LogP contribution in [0.4, 0.5) is 5.69 Å². The van der Waals surface area contributed by atoms with E-state index in [1.54, 1.807) is 24.3 Å². The number of carbonyl (C=O) groups excluding carboxylic acids is 1. The van der Waals surface area contributed by atoms with Crippen LogP contribution in [-0.2, 0) is 4.79 Å². The SMILES string of the molecule is CCCN(CCC)C(=O)C1=Cc2ccc(B(O)O)cc2N=C(N)C1. The van der Waals surface area contributed by atoms with Crippen LogP contribution in [0.25, 0.3) is 6.08 Å². The Hall–Kier alpha value is -2.12. The number of nitrogens with two attached hydrogens (primary N) is 1. The van der Waals surface area contributed by atoms with Crippen LogP contribution in [-0.4, -0.2) is 46.9 Å². The number of benzene rings is 1. The molecule has 7 heteroatoms. The molecule has 1 amide bonds. The molecule has 0 atom stereocenters. The standard InChI is InChI=1S/C17H24BN3O3/c1-3-7-21(8-4-2)17(22)13-9-12-5-6-14(18(23)24)11-15(12)20-16(19)10-13/h5-6,9,11,23-24H,3-4,7-8,10H2,1-2H3,(H2,19,20). The van der Waals surface area contributed by atoms with Gasteiger partial charge in [0.1, 0.15) is 5.84 Å². The second-order valence-electron chi connectivity index (χ2n) is 5.93. The molecule has 1 aliphatic heterocycles. The number of hydrogen-bond acceptors (Lipinski definition) is 5. The average molecular weight is 329 g/mol. The highest BCUT2D eigenvalue weighted by atomic mass is 16.4.